The Labute approximate surface area is 118 Å². The van der Waals surface area contributed by atoms with E-state index in [0.29, 0.717) is 11.4 Å². The molecule has 2 aromatic carbocycles. The summed E-state index contributed by atoms with van der Waals surface area (Å²) in [6, 6.07) is 7.91. The molecule has 2 rings (SSSR count). The van der Waals surface area contributed by atoms with E-state index in [1.807, 2.05) is 0 Å². The first kappa shape index (κ1) is 14.5. The predicted octanol–water partition coefficient (Wildman–Crippen LogP) is 5.04. The second-order valence-corrected chi connectivity index (χ2v) is 4.67. The van der Waals surface area contributed by atoms with E-state index < -0.39 is 11.7 Å². The molecule has 0 unspecified atom stereocenters. The standard InChI is InChI=1S/C14H11ClF3NO/c1-8-6-10(3-4-12(8)19)20-13-5-2-9(7-11(13)15)14(16,17)18/h2-7H,19H2,1H3. The van der Waals surface area contributed by atoms with Gasteiger partial charge in [-0.2, -0.15) is 13.2 Å². The Kier molecular flexibility index (Phi) is 3.81. The molecule has 0 fully saturated rings. The van der Waals surface area contributed by atoms with E-state index in [-0.39, 0.29) is 10.8 Å². The largest absolute Gasteiger partial charge is 0.456 e. The van der Waals surface area contributed by atoms with Crippen LogP contribution in [0, 0.1) is 6.92 Å². The lowest BCUT2D eigenvalue weighted by Crippen LogP contribution is -2.04. The number of aryl methyl sites for hydroxylation is 1. The van der Waals surface area contributed by atoms with Crippen molar-refractivity contribution < 1.29 is 17.9 Å². The van der Waals surface area contributed by atoms with E-state index in [9.17, 15) is 13.2 Å². The molecule has 2 N–H and O–H groups in total. The van der Waals surface area contributed by atoms with Gasteiger partial charge in [0.1, 0.15) is 11.5 Å². The van der Waals surface area contributed by atoms with Gasteiger partial charge in [-0.3, -0.25) is 0 Å². The molecule has 0 radical (unpaired) electrons. The third-order valence-electron chi connectivity index (χ3n) is 2.73. The third-order valence-corrected chi connectivity index (χ3v) is 3.02. The summed E-state index contributed by atoms with van der Waals surface area (Å²) in [5.74, 6) is 0.613. The fourth-order valence-corrected chi connectivity index (χ4v) is 1.82. The van der Waals surface area contributed by atoms with Crippen molar-refractivity contribution in [2.75, 3.05) is 5.73 Å². The van der Waals surface area contributed by atoms with Gasteiger partial charge in [0.2, 0.25) is 0 Å². The van der Waals surface area contributed by atoms with Crippen molar-refractivity contribution in [3.05, 3.63) is 52.5 Å². The summed E-state index contributed by atoms with van der Waals surface area (Å²) in [6.07, 6.45) is -4.43. The Morgan fingerprint density at radius 2 is 1.80 bits per heavy atom. The normalized spacial score (nSPS) is 11.4. The van der Waals surface area contributed by atoms with Crippen LogP contribution < -0.4 is 10.5 Å². The molecule has 0 heterocycles. The van der Waals surface area contributed by atoms with Crippen LogP contribution in [0.1, 0.15) is 11.1 Å². The number of anilines is 1. The van der Waals surface area contributed by atoms with Gasteiger partial charge in [0.15, 0.2) is 0 Å². The molecule has 20 heavy (non-hydrogen) atoms. The van der Waals surface area contributed by atoms with Crippen molar-refractivity contribution in [3.63, 3.8) is 0 Å². The van der Waals surface area contributed by atoms with E-state index in [2.05, 4.69) is 0 Å². The van der Waals surface area contributed by atoms with Gasteiger partial charge in [-0.1, -0.05) is 11.6 Å². The number of hydrogen-bond donors (Lipinski definition) is 1. The Balaban J connectivity index is 2.28. The minimum atomic E-state index is -4.43. The topological polar surface area (TPSA) is 35.2 Å². The van der Waals surface area contributed by atoms with Crippen LogP contribution in [0.15, 0.2) is 36.4 Å². The van der Waals surface area contributed by atoms with Crippen LogP contribution in [0.25, 0.3) is 0 Å². The van der Waals surface area contributed by atoms with E-state index in [1.54, 1.807) is 25.1 Å². The maximum Gasteiger partial charge on any atom is 0.416 e. The maximum atomic E-state index is 12.5. The van der Waals surface area contributed by atoms with E-state index >= 15 is 0 Å². The quantitative estimate of drug-likeness (QED) is 0.789. The number of hydrogen-bond acceptors (Lipinski definition) is 2. The minimum Gasteiger partial charge on any atom is -0.456 e. The van der Waals surface area contributed by atoms with Gasteiger partial charge >= 0.3 is 6.18 Å². The Morgan fingerprint density at radius 1 is 1.10 bits per heavy atom. The molecule has 0 aromatic heterocycles. The van der Waals surface area contributed by atoms with Crippen molar-refractivity contribution in [2.45, 2.75) is 13.1 Å². The number of nitrogen functional groups attached to an aromatic ring is 1. The molecule has 0 aliphatic heterocycles. The van der Waals surface area contributed by atoms with Crippen molar-refractivity contribution in [3.8, 4) is 11.5 Å². The summed E-state index contributed by atoms with van der Waals surface area (Å²) in [5, 5.41) is -0.102. The monoisotopic (exact) mass is 301 g/mol. The number of alkyl halides is 3. The Bertz CT molecular complexity index is 641. The molecule has 0 bridgehead atoms. The average molecular weight is 302 g/mol. The first-order valence-corrected chi connectivity index (χ1v) is 6.06. The molecule has 2 aromatic rings. The second-order valence-electron chi connectivity index (χ2n) is 4.26. The van der Waals surface area contributed by atoms with Crippen molar-refractivity contribution in [2.24, 2.45) is 0 Å². The predicted molar refractivity (Wildman–Crippen MR) is 72.1 cm³/mol. The van der Waals surface area contributed by atoms with Gasteiger partial charge in [-0.05, 0) is 48.9 Å². The van der Waals surface area contributed by atoms with E-state index in [1.165, 1.54) is 6.07 Å². The molecule has 0 amide bonds. The Hall–Kier alpha value is -1.88. The lowest BCUT2D eigenvalue weighted by atomic mass is 10.2. The smallest absolute Gasteiger partial charge is 0.416 e. The molecule has 106 valence electrons. The zero-order valence-electron chi connectivity index (χ0n) is 10.5. The van der Waals surface area contributed by atoms with E-state index in [0.717, 1.165) is 17.7 Å². The van der Waals surface area contributed by atoms with Gasteiger partial charge in [-0.15, -0.1) is 0 Å². The van der Waals surface area contributed by atoms with Crippen LogP contribution in [0.4, 0.5) is 18.9 Å². The molecule has 0 aliphatic rings. The van der Waals surface area contributed by atoms with Gasteiger partial charge in [0, 0.05) is 5.69 Å². The summed E-state index contributed by atoms with van der Waals surface area (Å²) in [6.45, 7) is 1.80. The Morgan fingerprint density at radius 3 is 2.35 bits per heavy atom. The number of halogens is 4. The van der Waals surface area contributed by atoms with Gasteiger partial charge in [-0.25, -0.2) is 0 Å². The van der Waals surface area contributed by atoms with Gasteiger partial charge in [0.25, 0.3) is 0 Å². The molecule has 6 heteroatoms. The average Bonchev–Trinajstić information content (AvgIpc) is 2.35. The highest BCUT2D eigenvalue weighted by molar-refractivity contribution is 6.32. The molecule has 0 atom stereocenters. The van der Waals surface area contributed by atoms with Crippen LogP contribution >= 0.6 is 11.6 Å². The van der Waals surface area contributed by atoms with Crippen LogP contribution in [0.3, 0.4) is 0 Å². The van der Waals surface area contributed by atoms with Crippen LogP contribution in [0.2, 0.25) is 5.02 Å². The third kappa shape index (κ3) is 3.17. The van der Waals surface area contributed by atoms with Crippen molar-refractivity contribution in [1.82, 2.24) is 0 Å². The summed E-state index contributed by atoms with van der Waals surface area (Å²) in [4.78, 5) is 0. The van der Waals surface area contributed by atoms with Crippen molar-refractivity contribution in [1.29, 1.82) is 0 Å². The molecule has 2 nitrogen and oxygen atoms in total. The number of rotatable bonds is 2. The molecule has 0 saturated carbocycles. The molecule has 0 spiro atoms. The number of benzene rings is 2. The van der Waals surface area contributed by atoms with Crippen LogP contribution in [-0.4, -0.2) is 0 Å². The summed E-state index contributed by atoms with van der Waals surface area (Å²) < 4.78 is 43.0. The summed E-state index contributed by atoms with van der Waals surface area (Å²) in [5.41, 5.74) is 6.27. The number of ether oxygens (including phenoxy) is 1. The summed E-state index contributed by atoms with van der Waals surface area (Å²) in [7, 11) is 0. The maximum absolute atomic E-state index is 12.5. The van der Waals surface area contributed by atoms with Crippen LogP contribution in [0.5, 0.6) is 11.5 Å². The molecular weight excluding hydrogens is 291 g/mol. The van der Waals surface area contributed by atoms with Crippen LogP contribution in [-0.2, 0) is 6.18 Å². The molecular formula is C14H11ClF3NO. The minimum absolute atomic E-state index is 0.102. The fraction of sp³-hybridized carbons (Fsp3) is 0.143. The first-order valence-electron chi connectivity index (χ1n) is 5.68. The first-order chi connectivity index (χ1) is 9.27. The summed E-state index contributed by atoms with van der Waals surface area (Å²) >= 11 is 5.81. The SMILES string of the molecule is Cc1cc(Oc2ccc(C(F)(F)F)cc2Cl)ccc1N. The molecule has 0 aliphatic carbocycles. The van der Waals surface area contributed by atoms with Gasteiger partial charge < -0.3 is 10.5 Å². The molecule has 0 saturated heterocycles. The van der Waals surface area contributed by atoms with Gasteiger partial charge in [0.05, 0.1) is 10.6 Å². The lowest BCUT2D eigenvalue weighted by Gasteiger charge is -2.12. The zero-order chi connectivity index (χ0) is 14.9. The lowest BCUT2D eigenvalue weighted by molar-refractivity contribution is -0.137. The highest BCUT2D eigenvalue weighted by atomic mass is 35.5. The highest BCUT2D eigenvalue weighted by Crippen LogP contribution is 2.36. The fourth-order valence-electron chi connectivity index (χ4n) is 1.60. The van der Waals surface area contributed by atoms with E-state index in [4.69, 9.17) is 22.1 Å². The zero-order valence-corrected chi connectivity index (χ0v) is 11.2. The second kappa shape index (κ2) is 5.25. The number of nitrogens with two attached hydrogens (primary N) is 1. The van der Waals surface area contributed by atoms with Crippen molar-refractivity contribution >= 4 is 17.3 Å². The highest BCUT2D eigenvalue weighted by Gasteiger charge is 2.31.